The van der Waals surface area contributed by atoms with Gasteiger partial charge in [0, 0.05) is 0 Å². The standard InChI is InChI=1S/C19H28O2/c1-5-16-8-10-17(11-9-16)20-14-13-15(3)7-12-18-19(4,6-2)21-18/h8-11,13,18H,5-7,12,14H2,1-4H3/b15-13+/t18-,19+/m0/s1. The number of epoxide rings is 1. The summed E-state index contributed by atoms with van der Waals surface area (Å²) in [6, 6.07) is 8.35. The van der Waals surface area contributed by atoms with Crippen molar-refractivity contribution in [2.75, 3.05) is 6.61 Å². The molecule has 21 heavy (non-hydrogen) atoms. The fourth-order valence-corrected chi connectivity index (χ4v) is 2.53. The number of hydrogen-bond acceptors (Lipinski definition) is 2. The molecule has 0 saturated carbocycles. The van der Waals surface area contributed by atoms with Gasteiger partial charge < -0.3 is 9.47 Å². The number of allylic oxidation sites excluding steroid dienone is 1. The van der Waals surface area contributed by atoms with Gasteiger partial charge in [-0.15, -0.1) is 0 Å². The lowest BCUT2D eigenvalue weighted by Crippen LogP contribution is -2.07. The van der Waals surface area contributed by atoms with Crippen LogP contribution < -0.4 is 4.74 Å². The second kappa shape index (κ2) is 7.13. The third-order valence-corrected chi connectivity index (χ3v) is 4.55. The molecule has 0 radical (unpaired) electrons. The molecule has 1 aliphatic rings. The Bertz CT molecular complexity index is 475. The zero-order chi connectivity index (χ0) is 15.3. The van der Waals surface area contributed by atoms with Crippen LogP contribution in [0.1, 0.15) is 52.5 Å². The lowest BCUT2D eigenvalue weighted by Gasteiger charge is -2.06. The Labute approximate surface area is 129 Å². The highest BCUT2D eigenvalue weighted by Crippen LogP contribution is 2.42. The first-order chi connectivity index (χ1) is 10.1. The van der Waals surface area contributed by atoms with E-state index in [9.17, 15) is 0 Å². The molecular weight excluding hydrogens is 260 g/mol. The molecule has 0 amide bonds. The maximum absolute atomic E-state index is 5.75. The lowest BCUT2D eigenvalue weighted by atomic mass is 9.99. The van der Waals surface area contributed by atoms with Crippen molar-refractivity contribution in [3.8, 4) is 5.75 Å². The van der Waals surface area contributed by atoms with Gasteiger partial charge in [-0.3, -0.25) is 0 Å². The minimum absolute atomic E-state index is 0.151. The van der Waals surface area contributed by atoms with E-state index in [4.69, 9.17) is 9.47 Å². The van der Waals surface area contributed by atoms with Crippen LogP contribution in [0.15, 0.2) is 35.9 Å². The highest BCUT2D eigenvalue weighted by Gasteiger charge is 2.49. The van der Waals surface area contributed by atoms with Crippen LogP contribution in [0.25, 0.3) is 0 Å². The van der Waals surface area contributed by atoms with Crippen LogP contribution in [0.4, 0.5) is 0 Å². The molecule has 1 aliphatic heterocycles. The molecule has 0 N–H and O–H groups in total. The van der Waals surface area contributed by atoms with E-state index >= 15 is 0 Å². The van der Waals surface area contributed by atoms with Gasteiger partial charge in [-0.25, -0.2) is 0 Å². The summed E-state index contributed by atoms with van der Waals surface area (Å²) in [5.74, 6) is 0.945. The summed E-state index contributed by atoms with van der Waals surface area (Å²) < 4.78 is 11.5. The van der Waals surface area contributed by atoms with E-state index in [1.165, 1.54) is 11.1 Å². The SMILES string of the molecule is CCc1ccc(OC/C=C(\C)CC[C@@H]2O[C@]2(C)CC)cc1. The zero-order valence-corrected chi connectivity index (χ0v) is 13.8. The van der Waals surface area contributed by atoms with Crippen LogP contribution in [-0.4, -0.2) is 18.3 Å². The number of ether oxygens (including phenoxy) is 2. The van der Waals surface area contributed by atoms with Crippen molar-refractivity contribution >= 4 is 0 Å². The molecule has 0 unspecified atom stereocenters. The van der Waals surface area contributed by atoms with Gasteiger partial charge >= 0.3 is 0 Å². The molecule has 2 nitrogen and oxygen atoms in total. The quantitative estimate of drug-likeness (QED) is 0.500. The first-order valence-electron chi connectivity index (χ1n) is 8.12. The molecule has 1 aromatic rings. The topological polar surface area (TPSA) is 21.8 Å². The average molecular weight is 288 g/mol. The molecule has 1 fully saturated rings. The zero-order valence-electron chi connectivity index (χ0n) is 13.8. The van der Waals surface area contributed by atoms with Crippen LogP contribution in [0.2, 0.25) is 0 Å². The first-order valence-corrected chi connectivity index (χ1v) is 8.12. The first kappa shape index (κ1) is 16.1. The van der Waals surface area contributed by atoms with E-state index in [1.54, 1.807) is 0 Å². The molecule has 0 spiro atoms. The maximum atomic E-state index is 5.75. The third-order valence-electron chi connectivity index (χ3n) is 4.55. The van der Waals surface area contributed by atoms with E-state index in [1.807, 2.05) is 12.1 Å². The minimum Gasteiger partial charge on any atom is -0.490 e. The number of rotatable bonds is 8. The van der Waals surface area contributed by atoms with Gasteiger partial charge in [0.1, 0.15) is 12.4 Å². The summed E-state index contributed by atoms with van der Waals surface area (Å²) in [6.45, 7) is 9.39. The van der Waals surface area contributed by atoms with E-state index in [0.29, 0.717) is 12.7 Å². The molecule has 2 heteroatoms. The van der Waals surface area contributed by atoms with E-state index < -0.39 is 0 Å². The summed E-state index contributed by atoms with van der Waals surface area (Å²) in [7, 11) is 0. The van der Waals surface area contributed by atoms with Crippen molar-refractivity contribution < 1.29 is 9.47 Å². The summed E-state index contributed by atoms with van der Waals surface area (Å²) in [6.07, 6.45) is 7.03. The third kappa shape index (κ3) is 4.60. The Morgan fingerprint density at radius 3 is 2.57 bits per heavy atom. The Balaban J connectivity index is 1.68. The van der Waals surface area contributed by atoms with Crippen molar-refractivity contribution in [3.63, 3.8) is 0 Å². The second-order valence-electron chi connectivity index (χ2n) is 6.17. The van der Waals surface area contributed by atoms with Crippen molar-refractivity contribution in [1.82, 2.24) is 0 Å². The Morgan fingerprint density at radius 2 is 2.00 bits per heavy atom. The van der Waals surface area contributed by atoms with Gasteiger partial charge in [-0.05, 0) is 63.3 Å². The Morgan fingerprint density at radius 1 is 1.29 bits per heavy atom. The van der Waals surface area contributed by atoms with Crippen molar-refractivity contribution in [3.05, 3.63) is 41.5 Å². The Hall–Kier alpha value is -1.28. The van der Waals surface area contributed by atoms with Crippen LogP contribution in [0.3, 0.4) is 0 Å². The predicted octanol–water partition coefficient (Wildman–Crippen LogP) is 4.92. The highest BCUT2D eigenvalue weighted by molar-refractivity contribution is 5.27. The summed E-state index contributed by atoms with van der Waals surface area (Å²) >= 11 is 0. The molecule has 0 aliphatic carbocycles. The van der Waals surface area contributed by atoms with Crippen LogP contribution in [-0.2, 0) is 11.2 Å². The molecule has 116 valence electrons. The highest BCUT2D eigenvalue weighted by atomic mass is 16.6. The lowest BCUT2D eigenvalue weighted by molar-refractivity contribution is 0.300. The smallest absolute Gasteiger partial charge is 0.119 e. The van der Waals surface area contributed by atoms with Gasteiger partial charge in [0.05, 0.1) is 11.7 Å². The number of benzene rings is 1. The normalized spacial score (nSPS) is 25.0. The predicted molar refractivity (Wildman–Crippen MR) is 87.9 cm³/mol. The van der Waals surface area contributed by atoms with Gasteiger partial charge in [0.25, 0.3) is 0 Å². The van der Waals surface area contributed by atoms with Crippen LogP contribution >= 0.6 is 0 Å². The average Bonchev–Trinajstić information content (AvgIpc) is 3.17. The Kier molecular flexibility index (Phi) is 5.46. The minimum atomic E-state index is 0.151. The molecule has 1 heterocycles. The van der Waals surface area contributed by atoms with Crippen LogP contribution in [0.5, 0.6) is 5.75 Å². The van der Waals surface area contributed by atoms with E-state index in [-0.39, 0.29) is 5.60 Å². The van der Waals surface area contributed by atoms with Gasteiger partial charge in [-0.1, -0.05) is 31.6 Å². The second-order valence-corrected chi connectivity index (χ2v) is 6.17. The molecule has 1 saturated heterocycles. The monoisotopic (exact) mass is 288 g/mol. The van der Waals surface area contributed by atoms with Crippen molar-refractivity contribution in [1.29, 1.82) is 0 Å². The van der Waals surface area contributed by atoms with Gasteiger partial charge in [0.15, 0.2) is 0 Å². The number of hydrogen-bond donors (Lipinski definition) is 0. The van der Waals surface area contributed by atoms with E-state index in [2.05, 4.69) is 45.9 Å². The molecule has 1 aromatic carbocycles. The fourth-order valence-electron chi connectivity index (χ4n) is 2.53. The summed E-state index contributed by atoms with van der Waals surface area (Å²) in [4.78, 5) is 0. The van der Waals surface area contributed by atoms with E-state index in [0.717, 1.165) is 31.4 Å². The molecule has 2 rings (SSSR count). The van der Waals surface area contributed by atoms with Crippen molar-refractivity contribution in [2.45, 2.75) is 65.1 Å². The summed E-state index contributed by atoms with van der Waals surface area (Å²) in [5, 5.41) is 0. The molecular formula is C19H28O2. The van der Waals surface area contributed by atoms with Crippen LogP contribution in [0, 0.1) is 0 Å². The molecule has 0 bridgehead atoms. The molecule has 2 atom stereocenters. The largest absolute Gasteiger partial charge is 0.490 e. The van der Waals surface area contributed by atoms with Gasteiger partial charge in [-0.2, -0.15) is 0 Å². The fraction of sp³-hybridized carbons (Fsp3) is 0.579. The van der Waals surface area contributed by atoms with Crippen molar-refractivity contribution in [2.24, 2.45) is 0 Å². The summed E-state index contributed by atoms with van der Waals surface area (Å²) in [5.41, 5.74) is 2.88. The molecule has 0 aromatic heterocycles. The number of aryl methyl sites for hydroxylation is 1. The maximum Gasteiger partial charge on any atom is 0.119 e. The van der Waals surface area contributed by atoms with Gasteiger partial charge in [0.2, 0.25) is 0 Å².